The molecule has 4 nitrogen and oxygen atoms in total. The molecule has 26 heavy (non-hydrogen) atoms. The van der Waals surface area contributed by atoms with Gasteiger partial charge in [0.25, 0.3) is 5.91 Å². The zero-order valence-corrected chi connectivity index (χ0v) is 14.3. The molecule has 2 heterocycles. The molecule has 0 saturated heterocycles. The van der Waals surface area contributed by atoms with Crippen LogP contribution in [0.3, 0.4) is 0 Å². The fourth-order valence-electron chi connectivity index (χ4n) is 3.05. The van der Waals surface area contributed by atoms with Crippen molar-refractivity contribution in [1.82, 2.24) is 10.1 Å². The molecule has 2 aromatic carbocycles. The normalized spacial score (nSPS) is 13.6. The number of rotatable bonds is 2. The predicted octanol–water partition coefficient (Wildman–Crippen LogP) is 4.47. The van der Waals surface area contributed by atoms with Gasteiger partial charge in [-0.05, 0) is 36.4 Å². The van der Waals surface area contributed by atoms with Gasteiger partial charge in [0.05, 0.1) is 17.8 Å². The minimum absolute atomic E-state index is 0.153. The third-order valence-corrected chi connectivity index (χ3v) is 4.64. The second-order valence-corrected chi connectivity index (χ2v) is 6.48. The van der Waals surface area contributed by atoms with Crippen molar-refractivity contribution in [2.75, 3.05) is 6.54 Å². The summed E-state index contributed by atoms with van der Waals surface area (Å²) in [4.78, 5) is 14.2. The number of amides is 1. The average Bonchev–Trinajstić information content (AvgIpc) is 3.05. The van der Waals surface area contributed by atoms with E-state index in [-0.39, 0.29) is 12.1 Å². The molecule has 1 aromatic heterocycles. The maximum absolute atomic E-state index is 13.9. The molecule has 0 N–H and O–H groups in total. The second-order valence-electron chi connectivity index (χ2n) is 6.04. The van der Waals surface area contributed by atoms with E-state index in [0.29, 0.717) is 29.8 Å². The summed E-state index contributed by atoms with van der Waals surface area (Å²) in [5, 5.41) is 4.68. The first-order valence-electron chi connectivity index (χ1n) is 8.00. The molecule has 1 amide bonds. The number of hydrogen-bond acceptors (Lipinski definition) is 3. The van der Waals surface area contributed by atoms with Crippen LogP contribution in [-0.4, -0.2) is 22.5 Å². The van der Waals surface area contributed by atoms with E-state index >= 15 is 0 Å². The van der Waals surface area contributed by atoms with Crippen LogP contribution in [0, 0.1) is 11.6 Å². The Hall–Kier alpha value is -2.73. The van der Waals surface area contributed by atoms with Gasteiger partial charge in [0, 0.05) is 35.2 Å². The lowest BCUT2D eigenvalue weighted by molar-refractivity contribution is 0.0729. The van der Waals surface area contributed by atoms with Gasteiger partial charge in [-0.1, -0.05) is 16.8 Å². The summed E-state index contributed by atoms with van der Waals surface area (Å²) in [5.41, 5.74) is 2.21. The number of carbonyl (C=O) groups excluding carboxylic acids is 1. The third kappa shape index (κ3) is 2.97. The van der Waals surface area contributed by atoms with Crippen molar-refractivity contribution in [2.45, 2.75) is 13.0 Å². The van der Waals surface area contributed by atoms with Crippen molar-refractivity contribution in [1.29, 1.82) is 0 Å². The maximum Gasteiger partial charge on any atom is 0.257 e. The smallest absolute Gasteiger partial charge is 0.257 e. The van der Waals surface area contributed by atoms with Gasteiger partial charge in [0.1, 0.15) is 11.6 Å². The highest BCUT2D eigenvalue weighted by Crippen LogP contribution is 2.31. The number of benzene rings is 2. The van der Waals surface area contributed by atoms with Crippen molar-refractivity contribution in [3.8, 4) is 11.3 Å². The topological polar surface area (TPSA) is 46.3 Å². The summed E-state index contributed by atoms with van der Waals surface area (Å²) in [7, 11) is 0. The lowest BCUT2D eigenvalue weighted by Crippen LogP contribution is -2.36. The minimum atomic E-state index is -0.871. The molecule has 1 aliphatic rings. The fourth-order valence-corrected chi connectivity index (χ4v) is 3.17. The standard InChI is InChI=1S/C19H13ClF2N2O2/c20-12-3-1-11(2-4-12)18-15-10-24(8-7-17(15)23-26-18)19(25)14-6-5-13(21)9-16(14)22/h1-6,9H,7-8,10H2. The average molecular weight is 375 g/mol. The van der Waals surface area contributed by atoms with Gasteiger partial charge in [0.2, 0.25) is 0 Å². The summed E-state index contributed by atoms with van der Waals surface area (Å²) >= 11 is 5.91. The van der Waals surface area contributed by atoms with Crippen LogP contribution in [0.2, 0.25) is 5.02 Å². The molecule has 0 unspecified atom stereocenters. The first-order chi connectivity index (χ1) is 12.5. The number of aromatic nitrogens is 1. The highest BCUT2D eigenvalue weighted by Gasteiger charge is 2.29. The zero-order chi connectivity index (χ0) is 18.3. The molecule has 1 aliphatic heterocycles. The Morgan fingerprint density at radius 3 is 2.65 bits per heavy atom. The highest BCUT2D eigenvalue weighted by atomic mass is 35.5. The first kappa shape index (κ1) is 16.7. The van der Waals surface area contributed by atoms with Gasteiger partial charge in [-0.25, -0.2) is 8.78 Å². The lowest BCUT2D eigenvalue weighted by atomic mass is 10.0. The van der Waals surface area contributed by atoms with Crippen LogP contribution in [-0.2, 0) is 13.0 Å². The zero-order valence-electron chi connectivity index (χ0n) is 13.5. The monoisotopic (exact) mass is 374 g/mol. The van der Waals surface area contributed by atoms with E-state index in [9.17, 15) is 13.6 Å². The summed E-state index contributed by atoms with van der Waals surface area (Å²) in [6.07, 6.45) is 0.501. The van der Waals surface area contributed by atoms with Crippen LogP contribution in [0.1, 0.15) is 21.6 Å². The third-order valence-electron chi connectivity index (χ3n) is 4.39. The van der Waals surface area contributed by atoms with Gasteiger partial charge in [-0.2, -0.15) is 0 Å². The van der Waals surface area contributed by atoms with E-state index in [1.165, 1.54) is 4.90 Å². The summed E-state index contributed by atoms with van der Waals surface area (Å²) in [6.45, 7) is 0.627. The Kier molecular flexibility index (Phi) is 4.20. The van der Waals surface area contributed by atoms with Gasteiger partial charge >= 0.3 is 0 Å². The molecule has 3 aromatic rings. The molecule has 0 aliphatic carbocycles. The molecule has 4 rings (SSSR count). The Morgan fingerprint density at radius 1 is 1.15 bits per heavy atom. The van der Waals surface area contributed by atoms with Crippen molar-refractivity contribution in [2.24, 2.45) is 0 Å². The summed E-state index contributed by atoms with van der Waals surface area (Å²) in [5.74, 6) is -1.52. The number of nitrogens with zero attached hydrogens (tertiary/aromatic N) is 2. The minimum Gasteiger partial charge on any atom is -0.356 e. The fraction of sp³-hybridized carbons (Fsp3) is 0.158. The molecule has 0 fully saturated rings. The van der Waals surface area contributed by atoms with Crippen LogP contribution in [0.5, 0.6) is 0 Å². The SMILES string of the molecule is O=C(c1ccc(F)cc1F)N1CCc2noc(-c3ccc(Cl)cc3)c2C1. The van der Waals surface area contributed by atoms with Gasteiger partial charge in [-0.15, -0.1) is 0 Å². The van der Waals surface area contributed by atoms with Crippen LogP contribution in [0.4, 0.5) is 8.78 Å². The van der Waals surface area contributed by atoms with E-state index < -0.39 is 17.5 Å². The molecule has 132 valence electrons. The molecular formula is C19H13ClF2N2O2. The summed E-state index contributed by atoms with van der Waals surface area (Å²) in [6, 6.07) is 10.0. The highest BCUT2D eigenvalue weighted by molar-refractivity contribution is 6.30. The van der Waals surface area contributed by atoms with Gasteiger partial charge in [0.15, 0.2) is 5.76 Å². The van der Waals surface area contributed by atoms with E-state index in [0.717, 1.165) is 29.0 Å². The van der Waals surface area contributed by atoms with Crippen molar-refractivity contribution in [3.05, 3.63) is 75.9 Å². The van der Waals surface area contributed by atoms with Gasteiger partial charge in [-0.3, -0.25) is 4.79 Å². The Bertz CT molecular complexity index is 986. The van der Waals surface area contributed by atoms with E-state index in [1.54, 1.807) is 12.1 Å². The lowest BCUT2D eigenvalue weighted by Gasteiger charge is -2.26. The van der Waals surface area contributed by atoms with Crippen LogP contribution in [0.15, 0.2) is 47.0 Å². The molecule has 0 atom stereocenters. The van der Waals surface area contributed by atoms with E-state index in [2.05, 4.69) is 5.16 Å². The first-order valence-corrected chi connectivity index (χ1v) is 8.38. The van der Waals surface area contributed by atoms with Crippen molar-refractivity contribution >= 4 is 17.5 Å². The number of fused-ring (bicyclic) bond motifs is 1. The molecule has 0 bridgehead atoms. The largest absolute Gasteiger partial charge is 0.356 e. The number of carbonyl (C=O) groups is 1. The maximum atomic E-state index is 13.9. The van der Waals surface area contributed by atoms with E-state index in [1.807, 2.05) is 12.1 Å². The molecule has 0 radical (unpaired) electrons. The predicted molar refractivity (Wildman–Crippen MR) is 91.8 cm³/mol. The van der Waals surface area contributed by atoms with Gasteiger partial charge < -0.3 is 9.42 Å². The Labute approximate surface area is 153 Å². The van der Waals surface area contributed by atoms with Crippen LogP contribution >= 0.6 is 11.6 Å². The Balaban J connectivity index is 1.64. The van der Waals surface area contributed by atoms with Crippen LogP contribution < -0.4 is 0 Å². The molecule has 0 spiro atoms. The molecule has 7 heteroatoms. The molecule has 0 saturated carbocycles. The van der Waals surface area contributed by atoms with E-state index in [4.69, 9.17) is 16.1 Å². The number of halogens is 3. The summed E-state index contributed by atoms with van der Waals surface area (Å²) < 4.78 is 32.5. The Morgan fingerprint density at radius 2 is 1.92 bits per heavy atom. The molecular weight excluding hydrogens is 362 g/mol. The second kappa shape index (κ2) is 6.53. The quantitative estimate of drug-likeness (QED) is 0.664. The van der Waals surface area contributed by atoms with Crippen molar-refractivity contribution in [3.63, 3.8) is 0 Å². The van der Waals surface area contributed by atoms with Crippen molar-refractivity contribution < 1.29 is 18.1 Å². The van der Waals surface area contributed by atoms with Crippen LogP contribution in [0.25, 0.3) is 11.3 Å². The number of hydrogen-bond donors (Lipinski definition) is 0.